The minimum absolute atomic E-state index is 0.273. The van der Waals surface area contributed by atoms with Gasteiger partial charge < -0.3 is 10.5 Å². The van der Waals surface area contributed by atoms with Crippen molar-refractivity contribution in [3.8, 4) is 0 Å². The van der Waals surface area contributed by atoms with Crippen molar-refractivity contribution in [1.29, 1.82) is 0 Å². The molecule has 0 radical (unpaired) electrons. The number of nitrogen functional groups attached to an aromatic ring is 1. The molecule has 0 saturated carbocycles. The van der Waals surface area contributed by atoms with Crippen LogP contribution in [0.2, 0.25) is 5.02 Å². The number of anilines is 1. The molecule has 1 unspecified atom stereocenters. The van der Waals surface area contributed by atoms with Gasteiger partial charge in [-0.15, -0.1) is 11.8 Å². The van der Waals surface area contributed by atoms with E-state index in [2.05, 4.69) is 18.7 Å². The molecule has 1 saturated heterocycles. The molecule has 2 N–H and O–H groups in total. The van der Waals surface area contributed by atoms with E-state index in [0.29, 0.717) is 11.7 Å². The molecular formula is C14H21ClN2OS. The van der Waals surface area contributed by atoms with Crippen LogP contribution >= 0.6 is 23.4 Å². The van der Waals surface area contributed by atoms with E-state index in [4.69, 9.17) is 22.1 Å². The summed E-state index contributed by atoms with van der Waals surface area (Å²) in [5.74, 6) is 0.923. The van der Waals surface area contributed by atoms with Gasteiger partial charge in [-0.2, -0.15) is 0 Å². The smallest absolute Gasteiger partial charge is 0.0796 e. The first-order valence-corrected chi connectivity index (χ1v) is 7.96. The number of ether oxygens (including phenoxy) is 1. The van der Waals surface area contributed by atoms with E-state index < -0.39 is 0 Å². The molecule has 2 rings (SSSR count). The fourth-order valence-corrected chi connectivity index (χ4v) is 3.41. The summed E-state index contributed by atoms with van der Waals surface area (Å²) in [6.45, 7) is 7.30. The van der Waals surface area contributed by atoms with Gasteiger partial charge >= 0.3 is 0 Å². The molecule has 1 atom stereocenters. The normalized spacial score (nSPS) is 20.9. The van der Waals surface area contributed by atoms with Crippen molar-refractivity contribution in [3.63, 3.8) is 0 Å². The quantitative estimate of drug-likeness (QED) is 0.685. The molecule has 3 nitrogen and oxygen atoms in total. The van der Waals surface area contributed by atoms with Crippen molar-refractivity contribution in [2.45, 2.75) is 30.9 Å². The molecule has 1 aliphatic heterocycles. The Morgan fingerprint density at radius 3 is 3.00 bits per heavy atom. The first-order chi connectivity index (χ1) is 9.06. The third kappa shape index (κ3) is 4.28. The zero-order chi connectivity index (χ0) is 13.8. The lowest BCUT2D eigenvalue weighted by atomic mass is 10.2. The summed E-state index contributed by atoms with van der Waals surface area (Å²) in [6, 6.07) is 6.24. The first-order valence-electron chi connectivity index (χ1n) is 6.59. The highest BCUT2D eigenvalue weighted by Crippen LogP contribution is 2.30. The highest BCUT2D eigenvalue weighted by Gasteiger charge is 2.22. The minimum Gasteiger partial charge on any atom is -0.399 e. The van der Waals surface area contributed by atoms with Crippen LogP contribution in [0.5, 0.6) is 0 Å². The number of benzene rings is 1. The van der Waals surface area contributed by atoms with Crippen molar-refractivity contribution in [2.75, 3.05) is 31.2 Å². The van der Waals surface area contributed by atoms with Crippen molar-refractivity contribution in [1.82, 2.24) is 4.90 Å². The summed E-state index contributed by atoms with van der Waals surface area (Å²) in [5, 5.41) is 0.724. The average Bonchev–Trinajstić information content (AvgIpc) is 2.38. The van der Waals surface area contributed by atoms with Crippen molar-refractivity contribution < 1.29 is 4.74 Å². The van der Waals surface area contributed by atoms with Crippen molar-refractivity contribution >= 4 is 29.1 Å². The molecule has 19 heavy (non-hydrogen) atoms. The van der Waals surface area contributed by atoms with E-state index in [1.165, 1.54) is 0 Å². The Bertz CT molecular complexity index is 428. The van der Waals surface area contributed by atoms with E-state index >= 15 is 0 Å². The number of nitrogens with two attached hydrogens (primary N) is 1. The van der Waals surface area contributed by atoms with Crippen LogP contribution < -0.4 is 5.73 Å². The maximum absolute atomic E-state index is 6.17. The van der Waals surface area contributed by atoms with Crippen LogP contribution in [0, 0.1) is 0 Å². The maximum atomic E-state index is 6.17. The molecule has 1 heterocycles. The minimum atomic E-state index is 0.273. The average molecular weight is 301 g/mol. The van der Waals surface area contributed by atoms with Crippen LogP contribution in [0.15, 0.2) is 23.1 Å². The highest BCUT2D eigenvalue weighted by atomic mass is 35.5. The van der Waals surface area contributed by atoms with Gasteiger partial charge in [0, 0.05) is 35.5 Å². The maximum Gasteiger partial charge on any atom is 0.0796 e. The predicted octanol–water partition coefficient (Wildman–Crippen LogP) is 3.12. The van der Waals surface area contributed by atoms with Gasteiger partial charge in [0.15, 0.2) is 0 Å². The molecule has 1 fully saturated rings. The topological polar surface area (TPSA) is 38.5 Å². The molecule has 0 spiro atoms. The lowest BCUT2D eigenvalue weighted by Crippen LogP contribution is -2.46. The summed E-state index contributed by atoms with van der Waals surface area (Å²) >= 11 is 7.91. The molecule has 1 aromatic rings. The molecule has 5 heteroatoms. The second kappa shape index (κ2) is 6.84. The van der Waals surface area contributed by atoms with Crippen LogP contribution in [-0.2, 0) is 4.74 Å². The molecule has 106 valence electrons. The Balaban J connectivity index is 1.88. The summed E-state index contributed by atoms with van der Waals surface area (Å²) in [5.41, 5.74) is 6.40. The number of hydrogen-bond acceptors (Lipinski definition) is 4. The van der Waals surface area contributed by atoms with E-state index in [1.807, 2.05) is 12.1 Å². The zero-order valence-corrected chi connectivity index (χ0v) is 13.0. The van der Waals surface area contributed by atoms with Gasteiger partial charge in [-0.3, -0.25) is 4.90 Å². The van der Waals surface area contributed by atoms with Gasteiger partial charge in [-0.25, -0.2) is 0 Å². The Morgan fingerprint density at radius 2 is 2.32 bits per heavy atom. The van der Waals surface area contributed by atoms with Crippen LogP contribution in [0.1, 0.15) is 13.8 Å². The van der Waals surface area contributed by atoms with Crippen molar-refractivity contribution in [3.05, 3.63) is 23.2 Å². The van der Waals surface area contributed by atoms with Crippen LogP contribution in [0.25, 0.3) is 0 Å². The molecule has 1 aromatic carbocycles. The fraction of sp³-hybridized carbons (Fsp3) is 0.571. The van der Waals surface area contributed by atoms with Gasteiger partial charge in [-0.1, -0.05) is 11.6 Å². The summed E-state index contributed by atoms with van der Waals surface area (Å²) in [7, 11) is 0. The number of halogens is 1. The second-order valence-electron chi connectivity index (χ2n) is 5.08. The zero-order valence-electron chi connectivity index (χ0n) is 11.4. The Labute approximate surface area is 124 Å². The van der Waals surface area contributed by atoms with Gasteiger partial charge in [0.25, 0.3) is 0 Å². The molecular weight excluding hydrogens is 280 g/mol. The SMILES string of the molecule is CC(C)N1CCOC(CSc2ccc(N)cc2Cl)C1. The Kier molecular flexibility index (Phi) is 5.39. The number of nitrogens with zero attached hydrogens (tertiary/aromatic N) is 1. The number of morpholine rings is 1. The molecule has 0 amide bonds. The predicted molar refractivity (Wildman–Crippen MR) is 83.0 cm³/mol. The lowest BCUT2D eigenvalue weighted by molar-refractivity contribution is -0.0265. The number of hydrogen-bond donors (Lipinski definition) is 1. The molecule has 0 bridgehead atoms. The number of thioether (sulfide) groups is 1. The summed E-state index contributed by atoms with van der Waals surface area (Å²) in [6.07, 6.45) is 0.273. The van der Waals surface area contributed by atoms with Gasteiger partial charge in [-0.05, 0) is 32.0 Å². The molecule has 0 aromatic heterocycles. The molecule has 1 aliphatic rings. The Morgan fingerprint density at radius 1 is 1.53 bits per heavy atom. The highest BCUT2D eigenvalue weighted by molar-refractivity contribution is 7.99. The van der Waals surface area contributed by atoms with Crippen LogP contribution in [-0.4, -0.2) is 42.5 Å². The van der Waals surface area contributed by atoms with Crippen LogP contribution in [0.4, 0.5) is 5.69 Å². The largest absolute Gasteiger partial charge is 0.399 e. The third-order valence-corrected chi connectivity index (χ3v) is 4.91. The summed E-state index contributed by atoms with van der Waals surface area (Å²) in [4.78, 5) is 3.53. The lowest BCUT2D eigenvalue weighted by Gasteiger charge is -2.35. The molecule has 0 aliphatic carbocycles. The fourth-order valence-electron chi connectivity index (χ4n) is 2.13. The monoisotopic (exact) mass is 300 g/mol. The number of rotatable bonds is 4. The second-order valence-corrected chi connectivity index (χ2v) is 6.55. The van der Waals surface area contributed by atoms with E-state index in [-0.39, 0.29) is 6.10 Å². The van der Waals surface area contributed by atoms with Crippen LogP contribution in [0.3, 0.4) is 0 Å². The van der Waals surface area contributed by atoms with Gasteiger partial charge in [0.2, 0.25) is 0 Å². The Hall–Kier alpha value is -0.420. The first kappa shape index (κ1) is 15.0. The van der Waals surface area contributed by atoms with Crippen molar-refractivity contribution in [2.24, 2.45) is 0 Å². The van der Waals surface area contributed by atoms with E-state index in [9.17, 15) is 0 Å². The van der Waals surface area contributed by atoms with Gasteiger partial charge in [0.1, 0.15) is 0 Å². The van der Waals surface area contributed by atoms with Gasteiger partial charge in [0.05, 0.1) is 17.7 Å². The third-order valence-electron chi connectivity index (χ3n) is 3.28. The van der Waals surface area contributed by atoms with E-state index in [1.54, 1.807) is 17.8 Å². The standard InChI is InChI=1S/C14H21ClN2OS/c1-10(2)17-5-6-18-12(8-17)9-19-14-4-3-11(16)7-13(14)15/h3-4,7,10,12H,5-6,8-9,16H2,1-2H3. The summed E-state index contributed by atoms with van der Waals surface area (Å²) < 4.78 is 5.81. The van der Waals surface area contributed by atoms with E-state index in [0.717, 1.165) is 35.4 Å².